The molecular weight excluding hydrogens is 358 g/mol. The van der Waals surface area contributed by atoms with Crippen molar-refractivity contribution in [2.24, 2.45) is 0 Å². The first-order valence-corrected chi connectivity index (χ1v) is 9.38. The minimum atomic E-state index is -0.369. The average molecular weight is 383 g/mol. The first-order valence-electron chi connectivity index (χ1n) is 9.38. The van der Waals surface area contributed by atoms with Crippen LogP contribution in [0.1, 0.15) is 17.3 Å². The molecule has 0 aromatic heterocycles. The van der Waals surface area contributed by atoms with Crippen molar-refractivity contribution in [2.45, 2.75) is 6.92 Å². The first kappa shape index (κ1) is 19.7. The van der Waals surface area contributed by atoms with Crippen molar-refractivity contribution in [2.75, 3.05) is 49.5 Å². The van der Waals surface area contributed by atoms with Gasteiger partial charge in [0.1, 0.15) is 5.75 Å². The summed E-state index contributed by atoms with van der Waals surface area (Å²) in [4.78, 5) is 28.3. The maximum atomic E-state index is 12.3. The summed E-state index contributed by atoms with van der Waals surface area (Å²) in [5.41, 5.74) is 2.19. The highest BCUT2D eigenvalue weighted by Gasteiger charge is 2.19. The van der Waals surface area contributed by atoms with Crippen molar-refractivity contribution >= 4 is 23.3 Å². The molecule has 1 heterocycles. The maximum Gasteiger partial charge on any atom is 0.338 e. The quantitative estimate of drug-likeness (QED) is 0.745. The van der Waals surface area contributed by atoms with Crippen molar-refractivity contribution in [1.82, 2.24) is 4.90 Å². The Balaban J connectivity index is 1.45. The first-order chi connectivity index (χ1) is 13.5. The fraction of sp³-hybridized carbons (Fsp3) is 0.333. The molecule has 0 radical (unpaired) electrons. The van der Waals surface area contributed by atoms with Gasteiger partial charge in [-0.05, 0) is 55.5 Å². The molecule has 148 valence electrons. The Hall–Kier alpha value is -3.06. The van der Waals surface area contributed by atoms with E-state index in [4.69, 9.17) is 4.74 Å². The van der Waals surface area contributed by atoms with E-state index in [0.29, 0.717) is 24.4 Å². The summed E-state index contributed by atoms with van der Waals surface area (Å²) in [6.07, 6.45) is 0. The molecule has 2 aromatic carbocycles. The van der Waals surface area contributed by atoms with Crippen molar-refractivity contribution in [3.63, 3.8) is 0 Å². The van der Waals surface area contributed by atoms with Crippen molar-refractivity contribution in [1.29, 1.82) is 0 Å². The van der Waals surface area contributed by atoms with Crippen molar-refractivity contribution in [3.05, 3.63) is 54.1 Å². The molecule has 7 heteroatoms. The summed E-state index contributed by atoms with van der Waals surface area (Å²) < 4.78 is 4.95. The molecule has 2 N–H and O–H groups in total. The lowest BCUT2D eigenvalue weighted by Gasteiger charge is -2.35. The second-order valence-corrected chi connectivity index (χ2v) is 6.63. The predicted octanol–water partition coefficient (Wildman–Crippen LogP) is 2.33. The van der Waals surface area contributed by atoms with Gasteiger partial charge in [-0.15, -0.1) is 0 Å². The Morgan fingerprint density at radius 2 is 1.64 bits per heavy atom. The highest BCUT2D eigenvalue weighted by atomic mass is 16.5. The number of benzene rings is 2. The molecule has 3 rings (SSSR count). The van der Waals surface area contributed by atoms with Gasteiger partial charge in [-0.25, -0.2) is 4.79 Å². The maximum absolute atomic E-state index is 12.3. The van der Waals surface area contributed by atoms with Gasteiger partial charge in [-0.2, -0.15) is 0 Å². The van der Waals surface area contributed by atoms with Crippen LogP contribution in [0.4, 0.5) is 11.4 Å². The van der Waals surface area contributed by atoms with Crippen LogP contribution in [0.2, 0.25) is 0 Å². The number of carbonyl (C=O) groups is 2. The van der Waals surface area contributed by atoms with Crippen molar-refractivity contribution < 1.29 is 19.4 Å². The molecular formula is C21H25N3O4. The zero-order chi connectivity index (χ0) is 19.9. The highest BCUT2D eigenvalue weighted by Crippen LogP contribution is 2.19. The van der Waals surface area contributed by atoms with Gasteiger partial charge in [-0.1, -0.05) is 0 Å². The van der Waals surface area contributed by atoms with E-state index >= 15 is 0 Å². The van der Waals surface area contributed by atoms with Crippen LogP contribution < -0.4 is 10.2 Å². The number of rotatable bonds is 6. The van der Waals surface area contributed by atoms with E-state index in [-0.39, 0.29) is 17.6 Å². The van der Waals surface area contributed by atoms with E-state index in [1.165, 1.54) is 0 Å². The molecule has 2 aromatic rings. The Labute approximate surface area is 164 Å². The van der Waals surface area contributed by atoms with E-state index < -0.39 is 0 Å². The number of nitrogens with one attached hydrogen (secondary N) is 1. The van der Waals surface area contributed by atoms with E-state index in [2.05, 4.69) is 15.1 Å². The number of phenolic OH excluding ortho intramolecular Hbond substituents is 1. The standard InChI is InChI=1S/C21H25N3O4/c1-2-28-21(27)16-3-5-17(6-4-16)22-20(26)15-23-11-13-24(14-12-23)18-7-9-19(25)10-8-18/h3-10,25H,2,11-15H2,1H3,(H,22,26). The van der Waals surface area contributed by atoms with Crippen molar-refractivity contribution in [3.8, 4) is 5.75 Å². The highest BCUT2D eigenvalue weighted by molar-refractivity contribution is 5.94. The Morgan fingerprint density at radius 1 is 1.00 bits per heavy atom. The average Bonchev–Trinajstić information content (AvgIpc) is 2.70. The molecule has 0 saturated carbocycles. The summed E-state index contributed by atoms with van der Waals surface area (Å²) in [5.74, 6) is -0.191. The molecule has 1 saturated heterocycles. The summed E-state index contributed by atoms with van der Waals surface area (Å²) in [7, 11) is 0. The van der Waals surface area contributed by atoms with E-state index in [1.807, 2.05) is 12.1 Å². The molecule has 0 spiro atoms. The number of phenols is 1. The minimum absolute atomic E-state index is 0.0815. The van der Waals surface area contributed by atoms with Crippen LogP contribution in [-0.2, 0) is 9.53 Å². The topological polar surface area (TPSA) is 82.1 Å². The number of nitrogens with zero attached hydrogens (tertiary/aromatic N) is 2. The van der Waals surface area contributed by atoms with Gasteiger partial charge in [-0.3, -0.25) is 9.69 Å². The van der Waals surface area contributed by atoms with Gasteiger partial charge < -0.3 is 20.1 Å². The summed E-state index contributed by atoms with van der Waals surface area (Å²) in [5, 5.41) is 12.3. The number of esters is 1. The van der Waals surface area contributed by atoms with Crippen LogP contribution in [-0.4, -0.2) is 61.2 Å². The number of aromatic hydroxyl groups is 1. The summed E-state index contributed by atoms with van der Waals surface area (Å²) in [6, 6.07) is 13.9. The lowest BCUT2D eigenvalue weighted by atomic mass is 10.2. The number of amides is 1. The van der Waals surface area contributed by atoms with Gasteiger partial charge in [0.05, 0.1) is 18.7 Å². The molecule has 1 aliphatic rings. The normalized spacial score (nSPS) is 14.5. The number of ether oxygens (including phenoxy) is 1. The molecule has 1 amide bonds. The zero-order valence-electron chi connectivity index (χ0n) is 15.9. The summed E-state index contributed by atoms with van der Waals surface area (Å²) >= 11 is 0. The number of hydrogen-bond acceptors (Lipinski definition) is 6. The molecule has 0 unspecified atom stereocenters. The van der Waals surface area contributed by atoms with Crippen LogP contribution in [0, 0.1) is 0 Å². The summed E-state index contributed by atoms with van der Waals surface area (Å²) in [6.45, 7) is 5.64. The third-order valence-electron chi connectivity index (χ3n) is 4.63. The van der Waals surface area contributed by atoms with Crippen LogP contribution in [0.25, 0.3) is 0 Å². The van der Waals surface area contributed by atoms with Crippen LogP contribution in [0.15, 0.2) is 48.5 Å². The van der Waals surface area contributed by atoms with E-state index in [0.717, 1.165) is 31.9 Å². The molecule has 1 aliphatic heterocycles. The zero-order valence-corrected chi connectivity index (χ0v) is 15.9. The monoisotopic (exact) mass is 383 g/mol. The molecule has 0 bridgehead atoms. The second kappa shape index (κ2) is 9.23. The van der Waals surface area contributed by atoms with Gasteiger partial charge in [0.2, 0.25) is 5.91 Å². The molecule has 0 atom stereocenters. The third-order valence-corrected chi connectivity index (χ3v) is 4.63. The van der Waals surface area contributed by atoms with Crippen LogP contribution in [0.3, 0.4) is 0 Å². The fourth-order valence-corrected chi connectivity index (χ4v) is 3.14. The molecule has 0 aliphatic carbocycles. The Bertz CT molecular complexity index is 797. The number of piperazine rings is 1. The van der Waals surface area contributed by atoms with Gasteiger partial charge in [0.25, 0.3) is 0 Å². The van der Waals surface area contributed by atoms with Gasteiger partial charge >= 0.3 is 5.97 Å². The number of hydrogen-bond donors (Lipinski definition) is 2. The number of anilines is 2. The third kappa shape index (κ3) is 5.23. The molecule has 1 fully saturated rings. The fourth-order valence-electron chi connectivity index (χ4n) is 3.14. The minimum Gasteiger partial charge on any atom is -0.508 e. The van der Waals surface area contributed by atoms with Gasteiger partial charge in [0.15, 0.2) is 0 Å². The number of carbonyl (C=O) groups excluding carboxylic acids is 2. The molecule has 28 heavy (non-hydrogen) atoms. The smallest absolute Gasteiger partial charge is 0.338 e. The Morgan fingerprint density at radius 3 is 2.25 bits per heavy atom. The lowest BCUT2D eigenvalue weighted by molar-refractivity contribution is -0.117. The second-order valence-electron chi connectivity index (χ2n) is 6.63. The lowest BCUT2D eigenvalue weighted by Crippen LogP contribution is -2.48. The predicted molar refractivity (Wildman–Crippen MR) is 108 cm³/mol. The van der Waals surface area contributed by atoms with E-state index in [9.17, 15) is 14.7 Å². The van der Waals surface area contributed by atoms with Gasteiger partial charge in [0, 0.05) is 37.6 Å². The van der Waals surface area contributed by atoms with Crippen LogP contribution >= 0.6 is 0 Å². The SMILES string of the molecule is CCOC(=O)c1ccc(NC(=O)CN2CCN(c3ccc(O)cc3)CC2)cc1. The molecule has 7 nitrogen and oxygen atoms in total. The largest absolute Gasteiger partial charge is 0.508 e. The Kier molecular flexibility index (Phi) is 6.49. The van der Waals surface area contributed by atoms with Crippen LogP contribution in [0.5, 0.6) is 5.75 Å². The van der Waals surface area contributed by atoms with E-state index in [1.54, 1.807) is 43.3 Å².